The van der Waals surface area contributed by atoms with Gasteiger partial charge in [0.05, 0.1) is 5.25 Å². The Morgan fingerprint density at radius 3 is 2.29 bits per heavy atom. The molecule has 1 atom stereocenters. The molecule has 0 aliphatic heterocycles. The first-order valence-corrected chi connectivity index (χ1v) is 7.77. The molecule has 2 N–H and O–H groups in total. The SMILES string of the molecule is CCNCC(C)S(=O)(=O)Nc1ccc(OC(F)(F)F)cc1. The van der Waals surface area contributed by atoms with E-state index < -0.39 is 27.4 Å². The zero-order valence-corrected chi connectivity index (χ0v) is 12.4. The summed E-state index contributed by atoms with van der Waals surface area (Å²) in [5, 5.41) is 2.23. The van der Waals surface area contributed by atoms with Crippen molar-refractivity contribution < 1.29 is 26.3 Å². The van der Waals surface area contributed by atoms with Crippen LogP contribution in [0.3, 0.4) is 0 Å². The molecular weight excluding hydrogens is 309 g/mol. The molecule has 0 radical (unpaired) electrons. The predicted octanol–water partition coefficient (Wildman–Crippen LogP) is 2.32. The fraction of sp³-hybridized carbons (Fsp3) is 0.500. The van der Waals surface area contributed by atoms with E-state index in [9.17, 15) is 21.6 Å². The van der Waals surface area contributed by atoms with Crippen LogP contribution < -0.4 is 14.8 Å². The number of hydrogen-bond acceptors (Lipinski definition) is 4. The van der Waals surface area contributed by atoms with Gasteiger partial charge in [-0.2, -0.15) is 0 Å². The minimum atomic E-state index is -4.78. The molecule has 21 heavy (non-hydrogen) atoms. The summed E-state index contributed by atoms with van der Waals surface area (Å²) in [6.07, 6.45) is -4.78. The van der Waals surface area contributed by atoms with Crippen LogP contribution in [-0.4, -0.2) is 33.1 Å². The first-order chi connectivity index (χ1) is 9.64. The number of ether oxygens (including phenoxy) is 1. The predicted molar refractivity (Wildman–Crippen MR) is 73.7 cm³/mol. The van der Waals surface area contributed by atoms with Crippen molar-refractivity contribution in [2.75, 3.05) is 17.8 Å². The molecule has 1 aromatic rings. The van der Waals surface area contributed by atoms with E-state index >= 15 is 0 Å². The number of halogens is 3. The van der Waals surface area contributed by atoms with Gasteiger partial charge in [0.1, 0.15) is 5.75 Å². The van der Waals surface area contributed by atoms with Gasteiger partial charge in [0.25, 0.3) is 0 Å². The third-order valence-corrected chi connectivity index (χ3v) is 4.31. The number of anilines is 1. The molecule has 0 heterocycles. The Balaban J connectivity index is 2.71. The van der Waals surface area contributed by atoms with E-state index in [4.69, 9.17) is 0 Å². The monoisotopic (exact) mass is 326 g/mol. The van der Waals surface area contributed by atoms with Gasteiger partial charge >= 0.3 is 6.36 Å². The third kappa shape index (κ3) is 6.21. The van der Waals surface area contributed by atoms with Gasteiger partial charge in [0.2, 0.25) is 10.0 Å². The number of sulfonamides is 1. The molecule has 1 aromatic carbocycles. The maximum absolute atomic E-state index is 12.0. The molecule has 0 saturated heterocycles. The summed E-state index contributed by atoms with van der Waals surface area (Å²) in [4.78, 5) is 0. The normalized spacial score (nSPS) is 13.8. The number of rotatable bonds is 7. The van der Waals surface area contributed by atoms with Crippen molar-refractivity contribution in [1.82, 2.24) is 5.32 Å². The molecule has 5 nitrogen and oxygen atoms in total. The lowest BCUT2D eigenvalue weighted by Gasteiger charge is -2.15. The average molecular weight is 326 g/mol. The molecular formula is C12H17F3N2O3S. The minimum Gasteiger partial charge on any atom is -0.406 e. The van der Waals surface area contributed by atoms with Crippen LogP contribution in [0, 0.1) is 0 Å². The van der Waals surface area contributed by atoms with Crippen LogP contribution in [0.4, 0.5) is 18.9 Å². The Morgan fingerprint density at radius 1 is 1.24 bits per heavy atom. The second kappa shape index (κ2) is 6.99. The molecule has 0 amide bonds. The molecule has 0 aliphatic carbocycles. The summed E-state index contributed by atoms with van der Waals surface area (Å²) < 4.78 is 65.9. The van der Waals surface area contributed by atoms with Crippen molar-refractivity contribution in [3.05, 3.63) is 24.3 Å². The lowest BCUT2D eigenvalue weighted by molar-refractivity contribution is -0.274. The summed E-state index contributed by atoms with van der Waals surface area (Å²) in [5.74, 6) is -0.411. The van der Waals surface area contributed by atoms with E-state index in [2.05, 4.69) is 14.8 Å². The highest BCUT2D eigenvalue weighted by Crippen LogP contribution is 2.24. The molecule has 0 aliphatic rings. The Kier molecular flexibility index (Phi) is 5.85. The van der Waals surface area contributed by atoms with Crippen LogP contribution in [0.25, 0.3) is 0 Å². The second-order valence-corrected chi connectivity index (χ2v) is 6.44. The van der Waals surface area contributed by atoms with E-state index in [0.29, 0.717) is 6.54 Å². The van der Waals surface area contributed by atoms with E-state index in [1.54, 1.807) is 0 Å². The Labute approximate surface area is 121 Å². The van der Waals surface area contributed by atoms with Crippen LogP contribution in [0.2, 0.25) is 0 Å². The van der Waals surface area contributed by atoms with Crippen LogP contribution >= 0.6 is 0 Å². The van der Waals surface area contributed by atoms with Crippen LogP contribution in [-0.2, 0) is 10.0 Å². The van der Waals surface area contributed by atoms with Gasteiger partial charge in [0, 0.05) is 12.2 Å². The molecule has 0 bridgehead atoms. The smallest absolute Gasteiger partial charge is 0.406 e. The van der Waals surface area contributed by atoms with E-state index in [0.717, 1.165) is 12.1 Å². The molecule has 0 spiro atoms. The topological polar surface area (TPSA) is 67.4 Å². The fourth-order valence-corrected chi connectivity index (χ4v) is 2.45. The van der Waals surface area contributed by atoms with Gasteiger partial charge in [-0.3, -0.25) is 4.72 Å². The third-order valence-electron chi connectivity index (χ3n) is 2.56. The summed E-state index contributed by atoms with van der Waals surface area (Å²) in [6.45, 7) is 4.31. The molecule has 0 fully saturated rings. The van der Waals surface area contributed by atoms with Gasteiger partial charge in [0.15, 0.2) is 0 Å². The van der Waals surface area contributed by atoms with Gasteiger partial charge in [-0.15, -0.1) is 13.2 Å². The zero-order chi connectivity index (χ0) is 16.1. The summed E-state index contributed by atoms with van der Waals surface area (Å²) in [6, 6.07) is 4.50. The molecule has 1 unspecified atom stereocenters. The van der Waals surface area contributed by atoms with Gasteiger partial charge in [-0.25, -0.2) is 8.42 Å². The summed E-state index contributed by atoms with van der Waals surface area (Å²) in [7, 11) is -3.61. The Morgan fingerprint density at radius 2 is 1.81 bits per heavy atom. The van der Waals surface area contributed by atoms with Crippen LogP contribution in [0.5, 0.6) is 5.75 Å². The average Bonchev–Trinajstić information content (AvgIpc) is 2.36. The summed E-state index contributed by atoms with van der Waals surface area (Å²) >= 11 is 0. The zero-order valence-electron chi connectivity index (χ0n) is 11.6. The van der Waals surface area contributed by atoms with Crippen molar-refractivity contribution >= 4 is 15.7 Å². The van der Waals surface area contributed by atoms with Crippen molar-refractivity contribution in [3.8, 4) is 5.75 Å². The number of benzene rings is 1. The Hall–Kier alpha value is -1.48. The first-order valence-electron chi connectivity index (χ1n) is 6.22. The first kappa shape index (κ1) is 17.6. The highest BCUT2D eigenvalue weighted by Gasteiger charge is 2.31. The van der Waals surface area contributed by atoms with Crippen molar-refractivity contribution in [2.24, 2.45) is 0 Å². The number of nitrogens with one attached hydrogen (secondary N) is 2. The maximum Gasteiger partial charge on any atom is 0.573 e. The van der Waals surface area contributed by atoms with E-state index in [-0.39, 0.29) is 12.2 Å². The molecule has 9 heteroatoms. The van der Waals surface area contributed by atoms with E-state index in [1.807, 2.05) is 6.92 Å². The van der Waals surface area contributed by atoms with Crippen molar-refractivity contribution in [2.45, 2.75) is 25.5 Å². The van der Waals surface area contributed by atoms with Gasteiger partial charge in [-0.05, 0) is 37.7 Å². The largest absolute Gasteiger partial charge is 0.573 e. The quantitative estimate of drug-likeness (QED) is 0.807. The molecule has 1 rings (SSSR count). The highest BCUT2D eigenvalue weighted by molar-refractivity contribution is 7.93. The highest BCUT2D eigenvalue weighted by atomic mass is 32.2. The lowest BCUT2D eigenvalue weighted by Crippen LogP contribution is -2.34. The van der Waals surface area contributed by atoms with Crippen LogP contribution in [0.15, 0.2) is 24.3 Å². The number of hydrogen-bond donors (Lipinski definition) is 2. The van der Waals surface area contributed by atoms with Crippen molar-refractivity contribution in [1.29, 1.82) is 0 Å². The standard InChI is InChI=1S/C12H17F3N2O3S/c1-3-16-8-9(2)21(18,19)17-10-4-6-11(7-5-10)20-12(13,14)15/h4-7,9,16-17H,3,8H2,1-2H3. The second-order valence-electron chi connectivity index (χ2n) is 4.34. The molecule has 0 saturated carbocycles. The summed E-state index contributed by atoms with van der Waals surface area (Å²) in [5.41, 5.74) is 0.174. The van der Waals surface area contributed by atoms with Gasteiger partial charge in [-0.1, -0.05) is 6.92 Å². The minimum absolute atomic E-state index is 0.174. The maximum atomic E-state index is 12.0. The lowest BCUT2D eigenvalue weighted by atomic mass is 10.3. The van der Waals surface area contributed by atoms with Crippen molar-refractivity contribution in [3.63, 3.8) is 0 Å². The number of alkyl halides is 3. The fourth-order valence-electron chi connectivity index (χ4n) is 1.45. The Bertz CT molecular complexity index is 544. The molecule has 120 valence electrons. The van der Waals surface area contributed by atoms with Crippen LogP contribution in [0.1, 0.15) is 13.8 Å². The van der Waals surface area contributed by atoms with Gasteiger partial charge < -0.3 is 10.1 Å². The van der Waals surface area contributed by atoms with E-state index in [1.165, 1.54) is 19.1 Å². The molecule has 0 aromatic heterocycles.